The molecule has 0 saturated heterocycles. The van der Waals surface area contributed by atoms with Crippen LogP contribution in [0.4, 0.5) is 0 Å². The van der Waals surface area contributed by atoms with Gasteiger partial charge in [-0.05, 0) is 49.4 Å². The fourth-order valence-electron chi connectivity index (χ4n) is 2.55. The standard InChI is InChI=1S/C18H22O2/c1-5-16-14(4)18(13(3)12(2)17(16)19)20-11-15-9-7-6-8-10-15/h6-10,19H,5,11H2,1-4H3. The highest BCUT2D eigenvalue weighted by molar-refractivity contribution is 5.57. The number of ether oxygens (including phenoxy) is 1. The summed E-state index contributed by atoms with van der Waals surface area (Å²) in [5.41, 5.74) is 5.11. The van der Waals surface area contributed by atoms with Crippen LogP contribution in [0.15, 0.2) is 30.3 Å². The van der Waals surface area contributed by atoms with Crippen molar-refractivity contribution in [2.45, 2.75) is 40.7 Å². The SMILES string of the molecule is CCc1c(C)c(OCc2ccccc2)c(C)c(C)c1O. The zero-order valence-electron chi connectivity index (χ0n) is 12.7. The highest BCUT2D eigenvalue weighted by atomic mass is 16.5. The largest absolute Gasteiger partial charge is 0.507 e. The lowest BCUT2D eigenvalue weighted by Gasteiger charge is -2.19. The van der Waals surface area contributed by atoms with E-state index in [2.05, 4.69) is 19.1 Å². The zero-order valence-corrected chi connectivity index (χ0v) is 12.7. The van der Waals surface area contributed by atoms with Crippen LogP contribution in [0.2, 0.25) is 0 Å². The molecule has 0 aliphatic carbocycles. The Labute approximate surface area is 121 Å². The summed E-state index contributed by atoms with van der Waals surface area (Å²) in [6, 6.07) is 10.1. The van der Waals surface area contributed by atoms with E-state index in [4.69, 9.17) is 4.74 Å². The number of benzene rings is 2. The molecule has 2 nitrogen and oxygen atoms in total. The Balaban J connectivity index is 2.34. The van der Waals surface area contributed by atoms with Crippen molar-refractivity contribution in [3.05, 3.63) is 58.1 Å². The van der Waals surface area contributed by atoms with Gasteiger partial charge in [-0.15, -0.1) is 0 Å². The van der Waals surface area contributed by atoms with E-state index >= 15 is 0 Å². The summed E-state index contributed by atoms with van der Waals surface area (Å²) in [6.07, 6.45) is 0.806. The molecule has 0 fully saturated rings. The van der Waals surface area contributed by atoms with Crippen molar-refractivity contribution in [3.63, 3.8) is 0 Å². The molecule has 2 aromatic carbocycles. The highest BCUT2D eigenvalue weighted by Crippen LogP contribution is 2.37. The Bertz CT molecular complexity index is 601. The van der Waals surface area contributed by atoms with Crippen LogP contribution in [-0.4, -0.2) is 5.11 Å². The van der Waals surface area contributed by atoms with Crippen molar-refractivity contribution in [3.8, 4) is 11.5 Å². The average Bonchev–Trinajstić information content (AvgIpc) is 2.47. The van der Waals surface area contributed by atoms with Crippen LogP contribution in [-0.2, 0) is 13.0 Å². The molecular formula is C18H22O2. The van der Waals surface area contributed by atoms with E-state index in [9.17, 15) is 5.11 Å². The summed E-state index contributed by atoms with van der Waals surface area (Å²) in [5, 5.41) is 10.2. The lowest BCUT2D eigenvalue weighted by molar-refractivity contribution is 0.300. The van der Waals surface area contributed by atoms with E-state index in [-0.39, 0.29) is 0 Å². The molecule has 2 heteroatoms. The van der Waals surface area contributed by atoms with Crippen molar-refractivity contribution in [2.24, 2.45) is 0 Å². The van der Waals surface area contributed by atoms with Crippen LogP contribution in [0, 0.1) is 20.8 Å². The third kappa shape index (κ3) is 2.64. The summed E-state index contributed by atoms with van der Waals surface area (Å²) < 4.78 is 6.02. The molecule has 1 N–H and O–H groups in total. The van der Waals surface area contributed by atoms with Gasteiger partial charge in [-0.1, -0.05) is 37.3 Å². The maximum Gasteiger partial charge on any atom is 0.126 e. The second-order valence-corrected chi connectivity index (χ2v) is 5.16. The number of aromatic hydroxyl groups is 1. The lowest BCUT2D eigenvalue weighted by Crippen LogP contribution is -2.03. The van der Waals surface area contributed by atoms with Gasteiger partial charge in [-0.2, -0.15) is 0 Å². The van der Waals surface area contributed by atoms with Gasteiger partial charge in [0.05, 0.1) is 0 Å². The van der Waals surface area contributed by atoms with Gasteiger partial charge in [0.1, 0.15) is 18.1 Å². The summed E-state index contributed by atoms with van der Waals surface area (Å²) in [4.78, 5) is 0. The van der Waals surface area contributed by atoms with E-state index in [1.807, 2.05) is 39.0 Å². The zero-order chi connectivity index (χ0) is 14.7. The third-order valence-corrected chi connectivity index (χ3v) is 3.92. The molecule has 0 spiro atoms. The molecule has 2 rings (SSSR count). The van der Waals surface area contributed by atoms with Gasteiger partial charge in [-0.3, -0.25) is 0 Å². The van der Waals surface area contributed by atoms with Crippen molar-refractivity contribution in [2.75, 3.05) is 0 Å². The molecule has 0 unspecified atom stereocenters. The maximum atomic E-state index is 10.2. The van der Waals surface area contributed by atoms with Gasteiger partial charge in [0.2, 0.25) is 0 Å². The van der Waals surface area contributed by atoms with Crippen molar-refractivity contribution in [1.82, 2.24) is 0 Å². The maximum absolute atomic E-state index is 10.2. The first-order valence-electron chi connectivity index (χ1n) is 7.04. The Hall–Kier alpha value is -1.96. The van der Waals surface area contributed by atoms with E-state index in [1.54, 1.807) is 0 Å². The molecule has 0 aliphatic heterocycles. The molecule has 2 aromatic rings. The van der Waals surface area contributed by atoms with Crippen LogP contribution in [0.3, 0.4) is 0 Å². The second-order valence-electron chi connectivity index (χ2n) is 5.16. The summed E-state index contributed by atoms with van der Waals surface area (Å²) in [7, 11) is 0. The molecule has 0 amide bonds. The minimum atomic E-state index is 0.412. The quantitative estimate of drug-likeness (QED) is 0.888. The van der Waals surface area contributed by atoms with Crippen molar-refractivity contribution >= 4 is 0 Å². The number of phenolic OH excluding ortho intramolecular Hbond substituents is 1. The molecule has 0 radical (unpaired) electrons. The topological polar surface area (TPSA) is 29.5 Å². The van der Waals surface area contributed by atoms with Gasteiger partial charge in [0.25, 0.3) is 0 Å². The third-order valence-electron chi connectivity index (χ3n) is 3.92. The van der Waals surface area contributed by atoms with Gasteiger partial charge in [0, 0.05) is 5.56 Å². The summed E-state index contributed by atoms with van der Waals surface area (Å²) in [5.74, 6) is 1.32. The molecule has 0 heterocycles. The van der Waals surface area contributed by atoms with E-state index in [0.29, 0.717) is 12.4 Å². The smallest absolute Gasteiger partial charge is 0.126 e. The Kier molecular flexibility index (Phi) is 4.33. The van der Waals surface area contributed by atoms with Crippen molar-refractivity contribution < 1.29 is 9.84 Å². The first-order valence-corrected chi connectivity index (χ1v) is 7.04. The minimum absolute atomic E-state index is 0.412. The lowest BCUT2D eigenvalue weighted by atomic mass is 9.96. The average molecular weight is 270 g/mol. The van der Waals surface area contributed by atoms with Crippen LogP contribution in [0.5, 0.6) is 11.5 Å². The molecule has 20 heavy (non-hydrogen) atoms. The van der Waals surface area contributed by atoms with E-state index in [0.717, 1.165) is 40.0 Å². The first kappa shape index (κ1) is 14.4. The Morgan fingerprint density at radius 2 is 1.60 bits per heavy atom. The highest BCUT2D eigenvalue weighted by Gasteiger charge is 2.16. The van der Waals surface area contributed by atoms with Gasteiger partial charge in [0.15, 0.2) is 0 Å². The fraction of sp³-hybridized carbons (Fsp3) is 0.333. The molecule has 0 bridgehead atoms. The number of hydrogen-bond acceptors (Lipinski definition) is 2. The first-order chi connectivity index (χ1) is 9.56. The number of phenols is 1. The molecule has 0 aliphatic rings. The van der Waals surface area contributed by atoms with Crippen LogP contribution < -0.4 is 4.74 Å². The van der Waals surface area contributed by atoms with Gasteiger partial charge in [-0.25, -0.2) is 0 Å². The van der Waals surface area contributed by atoms with E-state index in [1.165, 1.54) is 0 Å². The van der Waals surface area contributed by atoms with Gasteiger partial charge >= 0.3 is 0 Å². The number of hydrogen-bond donors (Lipinski definition) is 1. The van der Waals surface area contributed by atoms with Crippen LogP contribution in [0.1, 0.15) is 34.7 Å². The Morgan fingerprint density at radius 1 is 0.950 bits per heavy atom. The van der Waals surface area contributed by atoms with Crippen LogP contribution in [0.25, 0.3) is 0 Å². The van der Waals surface area contributed by atoms with E-state index < -0.39 is 0 Å². The normalized spacial score (nSPS) is 10.6. The monoisotopic (exact) mass is 270 g/mol. The fourth-order valence-corrected chi connectivity index (χ4v) is 2.55. The summed E-state index contributed by atoms with van der Waals surface area (Å²) >= 11 is 0. The van der Waals surface area contributed by atoms with Crippen LogP contribution >= 0.6 is 0 Å². The predicted octanol–water partition coefficient (Wildman–Crippen LogP) is 4.46. The molecular weight excluding hydrogens is 248 g/mol. The molecule has 0 aromatic heterocycles. The molecule has 0 atom stereocenters. The second kappa shape index (κ2) is 6.00. The number of rotatable bonds is 4. The summed E-state index contributed by atoms with van der Waals surface area (Å²) in [6.45, 7) is 8.57. The van der Waals surface area contributed by atoms with Gasteiger partial charge < -0.3 is 9.84 Å². The Morgan fingerprint density at radius 3 is 2.20 bits per heavy atom. The minimum Gasteiger partial charge on any atom is -0.507 e. The predicted molar refractivity (Wildman–Crippen MR) is 82.5 cm³/mol. The molecule has 106 valence electrons. The molecule has 0 saturated carbocycles. The van der Waals surface area contributed by atoms with Crippen molar-refractivity contribution in [1.29, 1.82) is 0 Å².